The zero-order chi connectivity index (χ0) is 9.31. The van der Waals surface area contributed by atoms with Crippen LogP contribution < -0.4 is 10.6 Å². The smallest absolute Gasteiger partial charge is 0.235 e. The van der Waals surface area contributed by atoms with Crippen molar-refractivity contribution in [3.05, 3.63) is 0 Å². The highest BCUT2D eigenvalue weighted by molar-refractivity contribution is 5.81. The molecule has 0 bridgehead atoms. The van der Waals surface area contributed by atoms with Crippen LogP contribution in [0.5, 0.6) is 0 Å². The summed E-state index contributed by atoms with van der Waals surface area (Å²) < 4.78 is 0. The molecule has 2 aliphatic rings. The summed E-state index contributed by atoms with van der Waals surface area (Å²) in [6.07, 6.45) is 6.01. The van der Waals surface area contributed by atoms with Crippen LogP contribution in [0.15, 0.2) is 0 Å². The minimum Gasteiger partial charge on any atom is -0.337 e. The standard InChI is InChI=1S/C10H18N2O/c1-2-8-3-5-10(6-4-8)11-7-9(13)12-10/h8,11H,2-7H2,1H3,(H,12,13). The fourth-order valence-corrected chi connectivity index (χ4v) is 2.49. The van der Waals surface area contributed by atoms with Crippen molar-refractivity contribution in [2.45, 2.75) is 44.7 Å². The van der Waals surface area contributed by atoms with Crippen molar-refractivity contribution in [3.63, 3.8) is 0 Å². The van der Waals surface area contributed by atoms with E-state index in [1.54, 1.807) is 0 Å². The van der Waals surface area contributed by atoms with Gasteiger partial charge in [-0.15, -0.1) is 0 Å². The summed E-state index contributed by atoms with van der Waals surface area (Å²) in [7, 11) is 0. The first kappa shape index (κ1) is 9.00. The molecule has 1 spiro atoms. The zero-order valence-electron chi connectivity index (χ0n) is 8.23. The van der Waals surface area contributed by atoms with Crippen molar-refractivity contribution < 1.29 is 4.79 Å². The first-order chi connectivity index (χ1) is 6.24. The van der Waals surface area contributed by atoms with E-state index in [9.17, 15) is 4.79 Å². The van der Waals surface area contributed by atoms with Gasteiger partial charge in [0.15, 0.2) is 0 Å². The molecule has 74 valence electrons. The van der Waals surface area contributed by atoms with Gasteiger partial charge in [-0.1, -0.05) is 13.3 Å². The molecule has 2 fully saturated rings. The molecule has 1 saturated heterocycles. The van der Waals surface area contributed by atoms with Crippen molar-refractivity contribution in [1.29, 1.82) is 0 Å². The Morgan fingerprint density at radius 1 is 1.46 bits per heavy atom. The van der Waals surface area contributed by atoms with E-state index in [-0.39, 0.29) is 11.6 Å². The average Bonchev–Trinajstić information content (AvgIpc) is 2.49. The van der Waals surface area contributed by atoms with Crippen molar-refractivity contribution in [3.8, 4) is 0 Å². The predicted molar refractivity (Wildman–Crippen MR) is 51.1 cm³/mol. The molecule has 1 amide bonds. The maximum atomic E-state index is 11.1. The zero-order valence-corrected chi connectivity index (χ0v) is 8.23. The Hall–Kier alpha value is -0.570. The predicted octanol–water partition coefficient (Wildman–Crippen LogP) is 1.00. The monoisotopic (exact) mass is 182 g/mol. The normalized spacial score (nSPS) is 39.5. The molecule has 0 radical (unpaired) electrons. The van der Waals surface area contributed by atoms with Gasteiger partial charge in [0.1, 0.15) is 0 Å². The van der Waals surface area contributed by atoms with Crippen LogP contribution in [-0.2, 0) is 4.79 Å². The van der Waals surface area contributed by atoms with E-state index in [4.69, 9.17) is 0 Å². The topological polar surface area (TPSA) is 41.1 Å². The maximum Gasteiger partial charge on any atom is 0.235 e. The summed E-state index contributed by atoms with van der Waals surface area (Å²) in [4.78, 5) is 11.1. The number of hydrogen-bond donors (Lipinski definition) is 2. The first-order valence-electron chi connectivity index (χ1n) is 5.30. The lowest BCUT2D eigenvalue weighted by Gasteiger charge is -2.36. The Balaban J connectivity index is 1.93. The molecule has 1 aliphatic carbocycles. The molecule has 3 heteroatoms. The number of amides is 1. The Morgan fingerprint density at radius 3 is 2.62 bits per heavy atom. The van der Waals surface area contributed by atoms with Gasteiger partial charge in [0.05, 0.1) is 12.2 Å². The third-order valence-corrected chi connectivity index (χ3v) is 3.50. The summed E-state index contributed by atoms with van der Waals surface area (Å²) in [5, 5.41) is 6.37. The van der Waals surface area contributed by atoms with Crippen molar-refractivity contribution in [2.75, 3.05) is 6.54 Å². The van der Waals surface area contributed by atoms with Gasteiger partial charge < -0.3 is 5.32 Å². The summed E-state index contributed by atoms with van der Waals surface area (Å²) in [5.41, 5.74) is -0.0250. The third-order valence-electron chi connectivity index (χ3n) is 3.50. The van der Waals surface area contributed by atoms with E-state index in [1.165, 1.54) is 19.3 Å². The minimum absolute atomic E-state index is 0.0250. The van der Waals surface area contributed by atoms with Crippen molar-refractivity contribution in [1.82, 2.24) is 10.6 Å². The SMILES string of the molecule is CCC1CCC2(CC1)NCC(=O)N2. The van der Waals surface area contributed by atoms with Gasteiger partial charge in [0, 0.05) is 0 Å². The molecule has 1 aliphatic heterocycles. The number of carbonyl (C=O) groups is 1. The van der Waals surface area contributed by atoms with E-state index < -0.39 is 0 Å². The van der Waals surface area contributed by atoms with E-state index >= 15 is 0 Å². The second-order valence-electron chi connectivity index (χ2n) is 4.34. The largest absolute Gasteiger partial charge is 0.337 e. The van der Waals surface area contributed by atoms with Crippen LogP contribution >= 0.6 is 0 Å². The van der Waals surface area contributed by atoms with Gasteiger partial charge in [0.2, 0.25) is 5.91 Å². The molecule has 2 N–H and O–H groups in total. The highest BCUT2D eigenvalue weighted by atomic mass is 16.2. The van der Waals surface area contributed by atoms with E-state index in [0.29, 0.717) is 6.54 Å². The van der Waals surface area contributed by atoms with Crippen LogP contribution in [0.25, 0.3) is 0 Å². The fraction of sp³-hybridized carbons (Fsp3) is 0.900. The average molecular weight is 182 g/mol. The van der Waals surface area contributed by atoms with E-state index in [0.717, 1.165) is 18.8 Å². The molecule has 0 atom stereocenters. The molecule has 0 aromatic carbocycles. The van der Waals surface area contributed by atoms with Gasteiger partial charge in [0.25, 0.3) is 0 Å². The van der Waals surface area contributed by atoms with Crippen molar-refractivity contribution in [2.24, 2.45) is 5.92 Å². The molecule has 13 heavy (non-hydrogen) atoms. The number of nitrogens with one attached hydrogen (secondary N) is 2. The fourth-order valence-electron chi connectivity index (χ4n) is 2.49. The van der Waals surface area contributed by atoms with E-state index in [1.807, 2.05) is 0 Å². The molecule has 2 rings (SSSR count). The Labute approximate surface area is 79.3 Å². The maximum absolute atomic E-state index is 11.1. The highest BCUT2D eigenvalue weighted by Crippen LogP contribution is 2.33. The number of carbonyl (C=O) groups excluding carboxylic acids is 1. The van der Waals surface area contributed by atoms with Crippen LogP contribution in [0, 0.1) is 5.92 Å². The first-order valence-corrected chi connectivity index (χ1v) is 5.30. The Morgan fingerprint density at radius 2 is 2.15 bits per heavy atom. The number of hydrogen-bond acceptors (Lipinski definition) is 2. The second kappa shape index (κ2) is 3.29. The third kappa shape index (κ3) is 1.70. The molecular formula is C10H18N2O. The molecule has 1 heterocycles. The summed E-state index contributed by atoms with van der Waals surface area (Å²) >= 11 is 0. The van der Waals surface area contributed by atoms with Crippen LogP contribution in [0.2, 0.25) is 0 Å². The molecule has 0 aromatic heterocycles. The lowest BCUT2D eigenvalue weighted by atomic mass is 9.81. The van der Waals surface area contributed by atoms with Gasteiger partial charge in [-0.2, -0.15) is 0 Å². The van der Waals surface area contributed by atoms with Crippen LogP contribution in [0.1, 0.15) is 39.0 Å². The highest BCUT2D eigenvalue weighted by Gasteiger charge is 2.39. The van der Waals surface area contributed by atoms with Gasteiger partial charge in [-0.25, -0.2) is 0 Å². The Bertz CT molecular complexity index is 207. The minimum atomic E-state index is -0.0250. The lowest BCUT2D eigenvalue weighted by Crippen LogP contribution is -2.51. The van der Waals surface area contributed by atoms with Gasteiger partial charge in [-0.05, 0) is 31.6 Å². The van der Waals surface area contributed by atoms with Crippen LogP contribution in [0.3, 0.4) is 0 Å². The van der Waals surface area contributed by atoms with Gasteiger partial charge in [-0.3, -0.25) is 10.1 Å². The summed E-state index contributed by atoms with van der Waals surface area (Å²) in [5.74, 6) is 1.04. The Kier molecular flexibility index (Phi) is 2.28. The molecular weight excluding hydrogens is 164 g/mol. The van der Waals surface area contributed by atoms with Crippen LogP contribution in [0.4, 0.5) is 0 Å². The molecule has 0 aromatic rings. The van der Waals surface area contributed by atoms with E-state index in [2.05, 4.69) is 17.6 Å². The second-order valence-corrected chi connectivity index (χ2v) is 4.34. The summed E-state index contributed by atoms with van der Waals surface area (Å²) in [6, 6.07) is 0. The molecule has 3 nitrogen and oxygen atoms in total. The van der Waals surface area contributed by atoms with Crippen molar-refractivity contribution >= 4 is 5.91 Å². The summed E-state index contributed by atoms with van der Waals surface area (Å²) in [6.45, 7) is 2.76. The van der Waals surface area contributed by atoms with Gasteiger partial charge >= 0.3 is 0 Å². The number of rotatable bonds is 1. The van der Waals surface area contributed by atoms with Crippen LogP contribution in [-0.4, -0.2) is 18.1 Å². The lowest BCUT2D eigenvalue weighted by molar-refractivity contribution is -0.119. The molecule has 0 unspecified atom stereocenters. The quantitative estimate of drug-likeness (QED) is 0.635. The molecule has 1 saturated carbocycles.